The maximum absolute atomic E-state index is 12.5. The molecule has 32 heavy (non-hydrogen) atoms. The predicted molar refractivity (Wildman–Crippen MR) is 124 cm³/mol. The number of aliphatic carboxylic acids is 1. The zero-order valence-corrected chi connectivity index (χ0v) is 19.3. The Bertz CT molecular complexity index is 971. The number of aliphatic hydroxyl groups is 1. The Hall–Kier alpha value is -2.36. The van der Waals surface area contributed by atoms with Gasteiger partial charge >= 0.3 is 5.97 Å². The number of hydrogen-bond acceptors (Lipinski definition) is 6. The second kappa shape index (κ2) is 8.88. The highest BCUT2D eigenvalue weighted by Crippen LogP contribution is 2.52. The molecule has 2 fully saturated rings. The number of β-lactam (4-membered cyclic amide) rings is 1. The zero-order valence-electron chi connectivity index (χ0n) is 18.5. The second-order valence-corrected chi connectivity index (χ2v) is 10.2. The van der Waals surface area contributed by atoms with Crippen LogP contribution in [0.3, 0.4) is 0 Å². The zero-order chi connectivity index (χ0) is 23.2. The fourth-order valence-corrected chi connectivity index (χ4v) is 6.46. The van der Waals surface area contributed by atoms with Crippen molar-refractivity contribution in [3.05, 3.63) is 46.0 Å². The lowest BCUT2D eigenvalue weighted by molar-refractivity contribution is -0.163. The minimum absolute atomic E-state index is 0.0953. The molecule has 8 nitrogen and oxygen atoms in total. The van der Waals surface area contributed by atoms with Crippen LogP contribution < -0.4 is 11.1 Å². The number of nitrogens with one attached hydrogen (secondary N) is 1. The topological polar surface area (TPSA) is 128 Å². The average molecular weight is 459 g/mol. The Labute approximate surface area is 192 Å². The summed E-state index contributed by atoms with van der Waals surface area (Å²) in [5.74, 6) is -1.44. The molecule has 3 aliphatic rings. The first-order valence-electron chi connectivity index (χ1n) is 10.9. The fourth-order valence-electron chi connectivity index (χ4n) is 4.98. The van der Waals surface area contributed by atoms with Crippen molar-refractivity contribution in [3.63, 3.8) is 0 Å². The lowest BCUT2D eigenvalue weighted by Gasteiger charge is -2.46. The Morgan fingerprint density at radius 2 is 2.06 bits per heavy atom. The van der Waals surface area contributed by atoms with Gasteiger partial charge in [-0.1, -0.05) is 31.2 Å². The summed E-state index contributed by atoms with van der Waals surface area (Å²) < 4.78 is 0. The molecule has 1 amide bonds. The summed E-state index contributed by atoms with van der Waals surface area (Å²) >= 11 is 1.56. The maximum Gasteiger partial charge on any atom is 0.353 e. The maximum atomic E-state index is 12.5. The normalized spacial score (nSPS) is 31.0. The van der Waals surface area contributed by atoms with Crippen molar-refractivity contribution in [2.75, 3.05) is 6.54 Å². The quantitative estimate of drug-likeness (QED) is 0.279. The summed E-state index contributed by atoms with van der Waals surface area (Å²) in [7, 11) is 0. The Morgan fingerprint density at radius 3 is 2.66 bits per heavy atom. The van der Waals surface area contributed by atoms with Gasteiger partial charge in [-0.25, -0.2) is 4.79 Å². The number of carboxylic acids is 1. The standard InChI is InChI=1S/C23H30N4O4S/c1-11-19-18(12(2)28)22(29)27(19)20(23(30)31)21(11)32-16-8-17(26-10-16)15-6-4-14(5-7-15)9-25-13(3)24/h4-7,11-12,16-19,26,28H,8-10H2,1-3H3,(H2,24,25)(H,30,31)/t11-,12-,16+,17-,18-,19-/m1/s1. The van der Waals surface area contributed by atoms with Crippen molar-refractivity contribution in [1.82, 2.24) is 10.2 Å². The van der Waals surface area contributed by atoms with Gasteiger partial charge in [0.25, 0.3) is 0 Å². The number of nitrogens with zero attached hydrogens (tertiary/aromatic N) is 2. The van der Waals surface area contributed by atoms with E-state index in [1.54, 1.807) is 25.6 Å². The van der Waals surface area contributed by atoms with Crippen LogP contribution in [0.1, 0.15) is 44.4 Å². The highest BCUT2D eigenvalue weighted by molar-refractivity contribution is 8.03. The number of carboxylic acid groups (broad SMARTS) is 1. The molecule has 2 saturated heterocycles. The van der Waals surface area contributed by atoms with Gasteiger partial charge in [0.2, 0.25) is 5.91 Å². The molecule has 3 aliphatic heterocycles. The summed E-state index contributed by atoms with van der Waals surface area (Å²) in [4.78, 5) is 30.9. The van der Waals surface area contributed by atoms with E-state index < -0.39 is 18.0 Å². The van der Waals surface area contributed by atoms with Crippen LogP contribution in [-0.2, 0) is 16.1 Å². The number of rotatable bonds is 7. The molecule has 1 aromatic rings. The monoisotopic (exact) mass is 458 g/mol. The van der Waals surface area contributed by atoms with Gasteiger partial charge in [-0.05, 0) is 31.4 Å². The van der Waals surface area contributed by atoms with Crippen molar-refractivity contribution >= 4 is 29.5 Å². The van der Waals surface area contributed by atoms with Crippen molar-refractivity contribution in [2.24, 2.45) is 22.6 Å². The molecule has 9 heteroatoms. The summed E-state index contributed by atoms with van der Waals surface area (Å²) in [5, 5.41) is 23.6. The number of fused-ring (bicyclic) bond motifs is 1. The summed E-state index contributed by atoms with van der Waals surface area (Å²) in [5.41, 5.74) is 7.98. The smallest absolute Gasteiger partial charge is 0.353 e. The van der Waals surface area contributed by atoms with Crippen molar-refractivity contribution in [1.29, 1.82) is 0 Å². The van der Waals surface area contributed by atoms with Gasteiger partial charge in [-0.15, -0.1) is 11.8 Å². The Balaban J connectivity index is 1.45. The number of benzene rings is 1. The van der Waals surface area contributed by atoms with Crippen LogP contribution >= 0.6 is 11.8 Å². The first-order valence-corrected chi connectivity index (χ1v) is 11.8. The van der Waals surface area contributed by atoms with Crippen LogP contribution in [0.15, 0.2) is 39.9 Å². The molecule has 0 aromatic heterocycles. The summed E-state index contributed by atoms with van der Waals surface area (Å²) in [6.07, 6.45) is 0.0802. The Kier molecular flexibility index (Phi) is 6.33. The molecule has 0 unspecified atom stereocenters. The van der Waals surface area contributed by atoms with Crippen LogP contribution in [0.4, 0.5) is 0 Å². The number of aliphatic hydroxyl groups excluding tert-OH is 1. The third-order valence-corrected chi connectivity index (χ3v) is 8.10. The number of nitrogens with two attached hydrogens (primary N) is 1. The van der Waals surface area contributed by atoms with Crippen LogP contribution in [0.5, 0.6) is 0 Å². The minimum Gasteiger partial charge on any atom is -0.477 e. The number of hydrogen-bond donors (Lipinski definition) is 4. The molecule has 6 atom stereocenters. The van der Waals surface area contributed by atoms with E-state index in [2.05, 4.69) is 34.6 Å². The van der Waals surface area contributed by atoms with Crippen molar-refractivity contribution in [3.8, 4) is 0 Å². The van der Waals surface area contributed by atoms with E-state index >= 15 is 0 Å². The summed E-state index contributed by atoms with van der Waals surface area (Å²) in [6, 6.07) is 8.23. The summed E-state index contributed by atoms with van der Waals surface area (Å²) in [6.45, 7) is 6.65. The molecule has 0 bridgehead atoms. The number of aliphatic imine (C=N–C) groups is 1. The highest BCUT2D eigenvalue weighted by Gasteiger charge is 2.60. The van der Waals surface area contributed by atoms with Gasteiger partial charge in [0.05, 0.1) is 30.4 Å². The second-order valence-electron chi connectivity index (χ2n) is 8.91. The minimum atomic E-state index is -1.08. The van der Waals surface area contributed by atoms with Crippen LogP contribution in [0.25, 0.3) is 0 Å². The molecule has 0 aliphatic carbocycles. The van der Waals surface area contributed by atoms with Crippen LogP contribution in [-0.4, -0.2) is 56.8 Å². The van der Waals surface area contributed by atoms with Gasteiger partial charge in [0, 0.05) is 28.7 Å². The van der Waals surface area contributed by atoms with Gasteiger partial charge in [-0.2, -0.15) is 0 Å². The molecular weight excluding hydrogens is 428 g/mol. The molecule has 5 N–H and O–H groups in total. The van der Waals surface area contributed by atoms with Crippen molar-refractivity contribution in [2.45, 2.75) is 57.2 Å². The van der Waals surface area contributed by atoms with E-state index in [0.29, 0.717) is 12.4 Å². The number of carbonyl (C=O) groups is 2. The molecule has 0 radical (unpaired) electrons. The van der Waals surface area contributed by atoms with E-state index in [4.69, 9.17) is 5.73 Å². The van der Waals surface area contributed by atoms with Crippen molar-refractivity contribution < 1.29 is 19.8 Å². The molecule has 172 valence electrons. The van der Waals surface area contributed by atoms with Gasteiger partial charge in [0.15, 0.2) is 0 Å². The molecular formula is C23H30N4O4S. The third kappa shape index (κ3) is 4.04. The van der Waals surface area contributed by atoms with E-state index in [0.717, 1.165) is 23.4 Å². The first kappa shape index (κ1) is 22.8. The molecule has 0 spiro atoms. The SMILES string of the molecule is CC(N)=NCc1ccc([C@H]2C[C@H](SC3=C(C(=O)O)N4C(=O)[C@H]([C@@H](C)O)[C@H]4[C@H]3C)CN2)cc1. The fraction of sp³-hybridized carbons (Fsp3) is 0.522. The molecule has 0 saturated carbocycles. The van der Waals surface area contributed by atoms with E-state index in [1.165, 1.54) is 10.5 Å². The average Bonchev–Trinajstić information content (AvgIpc) is 3.29. The van der Waals surface area contributed by atoms with Gasteiger partial charge in [0.1, 0.15) is 5.70 Å². The number of carbonyl (C=O) groups excluding carboxylic acids is 1. The van der Waals surface area contributed by atoms with E-state index in [9.17, 15) is 19.8 Å². The molecule has 4 rings (SSSR count). The highest BCUT2D eigenvalue weighted by atomic mass is 32.2. The number of amidine groups is 1. The molecule has 3 heterocycles. The van der Waals surface area contributed by atoms with Crippen LogP contribution in [0.2, 0.25) is 0 Å². The van der Waals surface area contributed by atoms with Crippen LogP contribution in [0, 0.1) is 11.8 Å². The number of amides is 1. The van der Waals surface area contributed by atoms with Gasteiger partial charge in [-0.3, -0.25) is 9.79 Å². The Morgan fingerprint density at radius 1 is 1.38 bits per heavy atom. The lowest BCUT2D eigenvalue weighted by Crippen LogP contribution is -2.63. The van der Waals surface area contributed by atoms with Gasteiger partial charge < -0.3 is 26.2 Å². The first-order chi connectivity index (χ1) is 15.2. The third-order valence-electron chi connectivity index (χ3n) is 6.59. The largest absolute Gasteiger partial charge is 0.477 e. The number of thioether (sulfide) groups is 1. The predicted octanol–water partition coefficient (Wildman–Crippen LogP) is 1.85. The lowest BCUT2D eigenvalue weighted by atomic mass is 9.79. The van der Waals surface area contributed by atoms with E-state index in [-0.39, 0.29) is 34.9 Å². The van der Waals surface area contributed by atoms with E-state index in [1.807, 2.05) is 6.92 Å². The molecule has 1 aromatic carbocycles.